The summed E-state index contributed by atoms with van der Waals surface area (Å²) in [7, 11) is 0. The van der Waals surface area contributed by atoms with Gasteiger partial charge in [-0.05, 0) is 29.0 Å². The highest BCUT2D eigenvalue weighted by atomic mass is 16.1. The van der Waals surface area contributed by atoms with Crippen LogP contribution in [0.3, 0.4) is 0 Å². The van der Waals surface area contributed by atoms with Crippen molar-refractivity contribution in [2.24, 2.45) is 17.1 Å². The molecule has 3 N–H and O–H groups in total. The number of nitrogens with two attached hydrogens (primary N) is 1. The van der Waals surface area contributed by atoms with Crippen molar-refractivity contribution in [3.05, 3.63) is 29.8 Å². The summed E-state index contributed by atoms with van der Waals surface area (Å²) in [6.07, 6.45) is 0.538. The van der Waals surface area contributed by atoms with Crippen LogP contribution >= 0.6 is 0 Å². The lowest BCUT2D eigenvalue weighted by Crippen LogP contribution is -2.23. The molecule has 3 heteroatoms. The molecule has 0 radical (unpaired) electrons. The Morgan fingerprint density at radius 2 is 2.06 bits per heavy atom. The minimum Gasteiger partial charge on any atom is -0.326 e. The first-order valence-electron chi connectivity index (χ1n) is 6.42. The van der Waals surface area contributed by atoms with Crippen LogP contribution < -0.4 is 11.1 Å². The Kier molecular flexibility index (Phi) is 4.91. The van der Waals surface area contributed by atoms with Gasteiger partial charge in [0, 0.05) is 18.7 Å². The van der Waals surface area contributed by atoms with Crippen LogP contribution in [0.15, 0.2) is 24.3 Å². The molecule has 0 spiro atoms. The van der Waals surface area contributed by atoms with E-state index in [-0.39, 0.29) is 11.3 Å². The lowest BCUT2D eigenvalue weighted by molar-refractivity contribution is -0.117. The van der Waals surface area contributed by atoms with Gasteiger partial charge in [-0.1, -0.05) is 39.8 Å². The van der Waals surface area contributed by atoms with E-state index in [2.05, 4.69) is 33.0 Å². The van der Waals surface area contributed by atoms with Crippen LogP contribution in [-0.4, -0.2) is 5.91 Å². The SMILES string of the molecule is CC(CC(=O)Nc1cccc(CN)c1)C(C)(C)C. The van der Waals surface area contributed by atoms with Gasteiger partial charge in [0.1, 0.15) is 0 Å². The van der Waals surface area contributed by atoms with Gasteiger partial charge in [-0.3, -0.25) is 4.79 Å². The number of carbonyl (C=O) groups excluding carboxylic acids is 1. The Morgan fingerprint density at radius 3 is 2.61 bits per heavy atom. The van der Waals surface area contributed by atoms with Crippen molar-refractivity contribution in [1.29, 1.82) is 0 Å². The van der Waals surface area contributed by atoms with E-state index in [1.807, 2.05) is 24.3 Å². The number of rotatable bonds is 4. The van der Waals surface area contributed by atoms with E-state index in [1.165, 1.54) is 0 Å². The second kappa shape index (κ2) is 6.01. The molecule has 0 fully saturated rings. The summed E-state index contributed by atoms with van der Waals surface area (Å²) >= 11 is 0. The average molecular weight is 248 g/mol. The molecule has 1 aromatic carbocycles. The van der Waals surface area contributed by atoms with E-state index < -0.39 is 0 Å². The molecule has 0 saturated heterocycles. The van der Waals surface area contributed by atoms with Gasteiger partial charge in [0.05, 0.1) is 0 Å². The minimum atomic E-state index is 0.0617. The molecule has 1 unspecified atom stereocenters. The summed E-state index contributed by atoms with van der Waals surface area (Å²) in [5, 5.41) is 2.93. The summed E-state index contributed by atoms with van der Waals surface area (Å²) in [5.74, 6) is 0.404. The molecule has 1 amide bonds. The van der Waals surface area contributed by atoms with Crippen molar-refractivity contribution < 1.29 is 4.79 Å². The number of anilines is 1. The maximum atomic E-state index is 11.9. The van der Waals surface area contributed by atoms with Crippen molar-refractivity contribution in [3.63, 3.8) is 0 Å². The van der Waals surface area contributed by atoms with Crippen LogP contribution in [0.2, 0.25) is 0 Å². The highest BCUT2D eigenvalue weighted by Crippen LogP contribution is 2.28. The Labute approximate surface area is 110 Å². The predicted molar refractivity (Wildman–Crippen MR) is 76.2 cm³/mol. The number of hydrogen-bond donors (Lipinski definition) is 2. The van der Waals surface area contributed by atoms with Crippen molar-refractivity contribution in [2.45, 2.75) is 40.7 Å². The van der Waals surface area contributed by atoms with E-state index in [4.69, 9.17) is 5.73 Å². The molecule has 1 rings (SSSR count). The first-order valence-corrected chi connectivity index (χ1v) is 6.42. The summed E-state index contributed by atoms with van der Waals surface area (Å²) < 4.78 is 0. The summed E-state index contributed by atoms with van der Waals surface area (Å²) in [4.78, 5) is 11.9. The third-order valence-corrected chi connectivity index (χ3v) is 3.42. The fourth-order valence-corrected chi connectivity index (χ4v) is 1.57. The number of amides is 1. The Morgan fingerprint density at radius 1 is 1.39 bits per heavy atom. The molecule has 100 valence electrons. The first-order chi connectivity index (χ1) is 8.32. The molecule has 0 heterocycles. The molecular formula is C15H24N2O. The standard InChI is InChI=1S/C15H24N2O/c1-11(15(2,3)4)8-14(18)17-13-7-5-6-12(9-13)10-16/h5-7,9,11H,8,10,16H2,1-4H3,(H,17,18). The zero-order valence-corrected chi connectivity index (χ0v) is 11.8. The van der Waals surface area contributed by atoms with Crippen LogP contribution in [0, 0.1) is 11.3 Å². The van der Waals surface area contributed by atoms with Gasteiger partial charge < -0.3 is 11.1 Å². The second-order valence-corrected chi connectivity index (χ2v) is 5.92. The molecular weight excluding hydrogens is 224 g/mol. The van der Waals surface area contributed by atoms with E-state index in [0.29, 0.717) is 18.9 Å². The van der Waals surface area contributed by atoms with Crippen LogP contribution in [0.25, 0.3) is 0 Å². The van der Waals surface area contributed by atoms with Gasteiger partial charge in [-0.15, -0.1) is 0 Å². The molecule has 0 aliphatic rings. The summed E-state index contributed by atoms with van der Waals surface area (Å²) in [5.41, 5.74) is 7.57. The third kappa shape index (κ3) is 4.49. The topological polar surface area (TPSA) is 55.1 Å². The average Bonchev–Trinajstić information content (AvgIpc) is 2.27. The second-order valence-electron chi connectivity index (χ2n) is 5.92. The van der Waals surface area contributed by atoms with Gasteiger partial charge in [-0.25, -0.2) is 0 Å². The molecule has 1 atom stereocenters. The molecule has 0 aromatic heterocycles. The number of benzene rings is 1. The Hall–Kier alpha value is -1.35. The smallest absolute Gasteiger partial charge is 0.224 e. The first kappa shape index (κ1) is 14.7. The number of carbonyl (C=O) groups is 1. The zero-order valence-electron chi connectivity index (χ0n) is 11.8. The Bertz CT molecular complexity index is 407. The van der Waals surface area contributed by atoms with Crippen molar-refractivity contribution >= 4 is 11.6 Å². The van der Waals surface area contributed by atoms with E-state index in [9.17, 15) is 4.79 Å². The van der Waals surface area contributed by atoms with Gasteiger partial charge >= 0.3 is 0 Å². The molecule has 0 aliphatic carbocycles. The zero-order chi connectivity index (χ0) is 13.8. The van der Waals surface area contributed by atoms with E-state index >= 15 is 0 Å². The maximum absolute atomic E-state index is 11.9. The molecule has 0 saturated carbocycles. The molecule has 3 nitrogen and oxygen atoms in total. The van der Waals surface area contributed by atoms with Gasteiger partial charge in [0.15, 0.2) is 0 Å². The van der Waals surface area contributed by atoms with Crippen LogP contribution in [-0.2, 0) is 11.3 Å². The minimum absolute atomic E-state index is 0.0617. The normalized spacial score (nSPS) is 13.2. The fourth-order valence-electron chi connectivity index (χ4n) is 1.57. The van der Waals surface area contributed by atoms with Gasteiger partial charge in [-0.2, -0.15) is 0 Å². The van der Waals surface area contributed by atoms with Gasteiger partial charge in [0.2, 0.25) is 5.91 Å². The molecule has 1 aromatic rings. The molecule has 18 heavy (non-hydrogen) atoms. The van der Waals surface area contributed by atoms with E-state index in [1.54, 1.807) is 0 Å². The number of hydrogen-bond acceptors (Lipinski definition) is 2. The maximum Gasteiger partial charge on any atom is 0.224 e. The summed E-state index contributed by atoms with van der Waals surface area (Å²) in [6, 6.07) is 7.66. The van der Waals surface area contributed by atoms with Gasteiger partial charge in [0.25, 0.3) is 0 Å². The van der Waals surface area contributed by atoms with Crippen LogP contribution in [0.5, 0.6) is 0 Å². The van der Waals surface area contributed by atoms with Crippen LogP contribution in [0.4, 0.5) is 5.69 Å². The fraction of sp³-hybridized carbons (Fsp3) is 0.533. The van der Waals surface area contributed by atoms with Crippen molar-refractivity contribution in [3.8, 4) is 0 Å². The molecule has 0 aliphatic heterocycles. The monoisotopic (exact) mass is 248 g/mol. The highest BCUT2D eigenvalue weighted by Gasteiger charge is 2.22. The van der Waals surface area contributed by atoms with Crippen LogP contribution in [0.1, 0.15) is 39.7 Å². The molecule has 0 bridgehead atoms. The predicted octanol–water partition coefficient (Wildman–Crippen LogP) is 3.16. The highest BCUT2D eigenvalue weighted by molar-refractivity contribution is 5.90. The largest absolute Gasteiger partial charge is 0.326 e. The van der Waals surface area contributed by atoms with E-state index in [0.717, 1.165) is 11.3 Å². The van der Waals surface area contributed by atoms with Crippen molar-refractivity contribution in [2.75, 3.05) is 5.32 Å². The van der Waals surface area contributed by atoms with Crippen molar-refractivity contribution in [1.82, 2.24) is 0 Å². The lowest BCUT2D eigenvalue weighted by Gasteiger charge is -2.26. The number of nitrogens with one attached hydrogen (secondary N) is 1. The quantitative estimate of drug-likeness (QED) is 0.860. The third-order valence-electron chi connectivity index (χ3n) is 3.42. The summed E-state index contributed by atoms with van der Waals surface area (Å²) in [6.45, 7) is 9.05. The Balaban J connectivity index is 2.59. The lowest BCUT2D eigenvalue weighted by atomic mass is 9.80.